The molecule has 1 fully saturated rings. The van der Waals surface area contributed by atoms with Crippen LogP contribution in [-0.4, -0.2) is 10.7 Å². The van der Waals surface area contributed by atoms with Crippen LogP contribution in [-0.2, 0) is 6.42 Å². The summed E-state index contributed by atoms with van der Waals surface area (Å²) in [6, 6.07) is 8.55. The summed E-state index contributed by atoms with van der Waals surface area (Å²) < 4.78 is 0. The van der Waals surface area contributed by atoms with Crippen LogP contribution in [0.25, 0.3) is 0 Å². The molecule has 1 heteroatoms. The molecule has 1 N–H and O–H groups in total. The lowest BCUT2D eigenvalue weighted by Crippen LogP contribution is -2.38. The van der Waals surface area contributed by atoms with Crippen molar-refractivity contribution in [2.75, 3.05) is 0 Å². The minimum Gasteiger partial charge on any atom is -0.390 e. The topological polar surface area (TPSA) is 20.2 Å². The van der Waals surface area contributed by atoms with Crippen LogP contribution in [0.2, 0.25) is 0 Å². The molecule has 1 atom stereocenters. The fraction of sp³-hybridized carbons (Fsp3) is 0.625. The highest BCUT2D eigenvalue weighted by molar-refractivity contribution is 5.22. The quantitative estimate of drug-likeness (QED) is 0.838. The Morgan fingerprint density at radius 3 is 2.29 bits per heavy atom. The van der Waals surface area contributed by atoms with Crippen molar-refractivity contribution in [3.8, 4) is 0 Å². The maximum atomic E-state index is 10.7. The van der Waals surface area contributed by atoms with Crippen LogP contribution in [0, 0.1) is 12.8 Å². The lowest BCUT2D eigenvalue weighted by molar-refractivity contribution is -0.0159. The van der Waals surface area contributed by atoms with Crippen molar-refractivity contribution in [3.05, 3.63) is 35.4 Å². The molecule has 0 radical (unpaired) electrons. The molecule has 0 aliphatic heterocycles. The Bertz CT molecular complexity index is 344. The van der Waals surface area contributed by atoms with Gasteiger partial charge in [0.05, 0.1) is 5.60 Å². The monoisotopic (exact) mass is 232 g/mol. The van der Waals surface area contributed by atoms with Crippen LogP contribution in [0.15, 0.2) is 24.3 Å². The fourth-order valence-electron chi connectivity index (χ4n) is 2.99. The van der Waals surface area contributed by atoms with Crippen LogP contribution >= 0.6 is 0 Å². The maximum absolute atomic E-state index is 10.7. The second kappa shape index (κ2) is 5.22. The van der Waals surface area contributed by atoms with E-state index in [1.807, 2.05) is 6.92 Å². The smallest absolute Gasteiger partial charge is 0.0687 e. The van der Waals surface area contributed by atoms with Crippen LogP contribution < -0.4 is 0 Å². The number of hydrogen-bond acceptors (Lipinski definition) is 1. The third kappa shape index (κ3) is 3.32. The van der Waals surface area contributed by atoms with Gasteiger partial charge in [0.15, 0.2) is 0 Å². The molecule has 0 heterocycles. The van der Waals surface area contributed by atoms with Gasteiger partial charge in [0.1, 0.15) is 0 Å². The SMILES string of the molecule is Cc1ccc(CC(C)(O)C2CCCCC2)cc1. The van der Waals surface area contributed by atoms with Gasteiger partial charge in [-0.3, -0.25) is 0 Å². The number of hydrogen-bond donors (Lipinski definition) is 1. The Morgan fingerprint density at radius 2 is 1.71 bits per heavy atom. The molecule has 1 unspecified atom stereocenters. The molecule has 17 heavy (non-hydrogen) atoms. The Labute approximate surface area is 105 Å². The molecule has 94 valence electrons. The zero-order valence-corrected chi connectivity index (χ0v) is 11.1. The second-order valence-corrected chi connectivity index (χ2v) is 5.85. The highest BCUT2D eigenvalue weighted by Gasteiger charge is 2.32. The zero-order valence-electron chi connectivity index (χ0n) is 11.1. The predicted molar refractivity (Wildman–Crippen MR) is 72.1 cm³/mol. The van der Waals surface area contributed by atoms with Gasteiger partial charge < -0.3 is 5.11 Å². The lowest BCUT2D eigenvalue weighted by Gasteiger charge is -2.35. The van der Waals surface area contributed by atoms with Crippen molar-refractivity contribution < 1.29 is 5.11 Å². The van der Waals surface area contributed by atoms with E-state index in [1.54, 1.807) is 0 Å². The van der Waals surface area contributed by atoms with Crippen LogP contribution in [0.4, 0.5) is 0 Å². The van der Waals surface area contributed by atoms with Crippen LogP contribution in [0.3, 0.4) is 0 Å². The summed E-state index contributed by atoms with van der Waals surface area (Å²) in [5.41, 5.74) is 2.01. The van der Waals surface area contributed by atoms with Crippen molar-refractivity contribution in [2.24, 2.45) is 5.92 Å². The summed E-state index contributed by atoms with van der Waals surface area (Å²) in [5, 5.41) is 10.7. The summed E-state index contributed by atoms with van der Waals surface area (Å²) in [7, 11) is 0. The molecular weight excluding hydrogens is 208 g/mol. The summed E-state index contributed by atoms with van der Waals surface area (Å²) >= 11 is 0. The predicted octanol–water partition coefficient (Wildman–Crippen LogP) is 3.87. The van der Waals surface area contributed by atoms with E-state index in [9.17, 15) is 5.11 Å². The zero-order chi connectivity index (χ0) is 12.3. The van der Waals surface area contributed by atoms with Gasteiger partial charge in [-0.25, -0.2) is 0 Å². The molecule has 0 amide bonds. The molecule has 1 aromatic rings. The first-order valence-electron chi connectivity index (χ1n) is 6.86. The summed E-state index contributed by atoms with van der Waals surface area (Å²) in [5.74, 6) is 0.484. The molecule has 0 bridgehead atoms. The van der Waals surface area contributed by atoms with Gasteiger partial charge in [0.2, 0.25) is 0 Å². The molecule has 0 spiro atoms. The van der Waals surface area contributed by atoms with Crippen LogP contribution in [0.1, 0.15) is 50.2 Å². The lowest BCUT2D eigenvalue weighted by atomic mass is 9.75. The number of benzene rings is 1. The standard InChI is InChI=1S/C16H24O/c1-13-8-10-14(11-9-13)12-16(2,17)15-6-4-3-5-7-15/h8-11,15,17H,3-7,12H2,1-2H3. The van der Waals surface area contributed by atoms with Gasteiger partial charge >= 0.3 is 0 Å². The van der Waals surface area contributed by atoms with E-state index in [4.69, 9.17) is 0 Å². The van der Waals surface area contributed by atoms with Crippen molar-refractivity contribution in [3.63, 3.8) is 0 Å². The summed E-state index contributed by atoms with van der Waals surface area (Å²) in [6.07, 6.45) is 7.09. The van der Waals surface area contributed by atoms with E-state index in [0.29, 0.717) is 5.92 Å². The van der Waals surface area contributed by atoms with Gasteiger partial charge in [-0.15, -0.1) is 0 Å². The molecule has 1 aliphatic carbocycles. The largest absolute Gasteiger partial charge is 0.390 e. The third-order valence-electron chi connectivity index (χ3n) is 4.17. The highest BCUT2D eigenvalue weighted by Crippen LogP contribution is 2.34. The van der Waals surface area contributed by atoms with Gasteiger partial charge in [0, 0.05) is 6.42 Å². The third-order valence-corrected chi connectivity index (χ3v) is 4.17. The first-order valence-corrected chi connectivity index (χ1v) is 6.86. The van der Waals surface area contributed by atoms with Gasteiger partial charge in [-0.2, -0.15) is 0 Å². The highest BCUT2D eigenvalue weighted by atomic mass is 16.3. The minimum atomic E-state index is -0.532. The van der Waals surface area contributed by atoms with E-state index in [1.165, 1.54) is 43.2 Å². The van der Waals surface area contributed by atoms with E-state index in [2.05, 4.69) is 31.2 Å². The average molecular weight is 232 g/mol. The summed E-state index contributed by atoms with van der Waals surface area (Å²) in [6.45, 7) is 4.12. The van der Waals surface area contributed by atoms with Crippen molar-refractivity contribution in [1.82, 2.24) is 0 Å². The van der Waals surface area contributed by atoms with Crippen molar-refractivity contribution in [2.45, 2.75) is 58.0 Å². The van der Waals surface area contributed by atoms with Crippen molar-refractivity contribution >= 4 is 0 Å². The Morgan fingerprint density at radius 1 is 1.12 bits per heavy atom. The Hall–Kier alpha value is -0.820. The first-order chi connectivity index (χ1) is 8.08. The number of aryl methyl sites for hydroxylation is 1. The van der Waals surface area contributed by atoms with E-state index >= 15 is 0 Å². The normalized spacial score (nSPS) is 21.1. The molecular formula is C16H24O. The van der Waals surface area contributed by atoms with Gasteiger partial charge in [-0.05, 0) is 38.2 Å². The molecule has 2 rings (SSSR count). The molecule has 1 saturated carbocycles. The van der Waals surface area contributed by atoms with Crippen molar-refractivity contribution in [1.29, 1.82) is 0 Å². The van der Waals surface area contributed by atoms with Gasteiger partial charge in [0.25, 0.3) is 0 Å². The molecule has 1 nitrogen and oxygen atoms in total. The molecule has 1 aromatic carbocycles. The fourth-order valence-corrected chi connectivity index (χ4v) is 2.99. The number of aliphatic hydroxyl groups is 1. The van der Waals surface area contributed by atoms with Gasteiger partial charge in [-0.1, -0.05) is 49.1 Å². The minimum absolute atomic E-state index is 0.484. The first kappa shape index (κ1) is 12.6. The number of rotatable bonds is 3. The second-order valence-electron chi connectivity index (χ2n) is 5.85. The van der Waals surface area contributed by atoms with E-state index in [-0.39, 0.29) is 0 Å². The van der Waals surface area contributed by atoms with E-state index < -0.39 is 5.60 Å². The van der Waals surface area contributed by atoms with Crippen LogP contribution in [0.5, 0.6) is 0 Å². The van der Waals surface area contributed by atoms with E-state index in [0.717, 1.165) is 6.42 Å². The molecule has 0 saturated heterocycles. The molecule has 1 aliphatic rings. The summed E-state index contributed by atoms with van der Waals surface area (Å²) in [4.78, 5) is 0. The average Bonchev–Trinajstić information content (AvgIpc) is 2.33. The Balaban J connectivity index is 2.02. The maximum Gasteiger partial charge on any atom is 0.0687 e. The Kier molecular flexibility index (Phi) is 3.88. The molecule has 0 aromatic heterocycles.